The maximum Gasteiger partial charge on any atom is 0.323 e. The van der Waals surface area contributed by atoms with Crippen molar-refractivity contribution in [1.82, 2.24) is 9.97 Å². The monoisotopic (exact) mass is 255 g/mol. The van der Waals surface area contributed by atoms with Crippen molar-refractivity contribution >= 4 is 28.9 Å². The number of ether oxygens (including phenoxy) is 1. The van der Waals surface area contributed by atoms with Crippen molar-refractivity contribution in [3.05, 3.63) is 40.6 Å². The van der Waals surface area contributed by atoms with Gasteiger partial charge in [0.2, 0.25) is 0 Å². The molecular formula is C10H7Cl2N3O. The van der Waals surface area contributed by atoms with Crippen molar-refractivity contribution in [3.8, 4) is 11.8 Å². The molecule has 0 aliphatic carbocycles. The minimum absolute atomic E-state index is 0.125. The molecular weight excluding hydrogens is 249 g/mol. The van der Waals surface area contributed by atoms with Gasteiger partial charge in [-0.25, -0.2) is 4.98 Å². The molecule has 0 spiro atoms. The Labute approximate surface area is 102 Å². The lowest BCUT2D eigenvalue weighted by atomic mass is 10.3. The van der Waals surface area contributed by atoms with Gasteiger partial charge in [-0.05, 0) is 12.1 Å². The van der Waals surface area contributed by atoms with Crippen LogP contribution in [-0.4, -0.2) is 9.97 Å². The Bertz CT molecular complexity index is 519. The Morgan fingerprint density at radius 1 is 1.25 bits per heavy atom. The van der Waals surface area contributed by atoms with Crippen LogP contribution in [0.3, 0.4) is 0 Å². The molecule has 0 saturated heterocycles. The van der Waals surface area contributed by atoms with Crippen LogP contribution in [0, 0.1) is 0 Å². The maximum absolute atomic E-state index is 5.72. The number of benzene rings is 1. The normalized spacial score (nSPS) is 10.1. The lowest BCUT2D eigenvalue weighted by Gasteiger charge is -2.04. The molecule has 6 heteroatoms. The number of hydrogen-bond acceptors (Lipinski definition) is 4. The third-order valence-corrected chi connectivity index (χ3v) is 2.41. The predicted molar refractivity (Wildman–Crippen MR) is 63.0 cm³/mol. The van der Waals surface area contributed by atoms with Crippen LogP contribution in [0.5, 0.6) is 11.8 Å². The fourth-order valence-corrected chi connectivity index (χ4v) is 1.28. The van der Waals surface area contributed by atoms with Crippen molar-refractivity contribution in [2.24, 2.45) is 0 Å². The van der Waals surface area contributed by atoms with E-state index in [0.717, 1.165) is 0 Å². The molecule has 4 nitrogen and oxygen atoms in total. The van der Waals surface area contributed by atoms with E-state index in [1.165, 1.54) is 6.20 Å². The summed E-state index contributed by atoms with van der Waals surface area (Å²) in [6.45, 7) is 0. The molecule has 0 atom stereocenters. The zero-order chi connectivity index (χ0) is 11.5. The first-order chi connectivity index (χ1) is 7.65. The van der Waals surface area contributed by atoms with E-state index in [9.17, 15) is 0 Å². The summed E-state index contributed by atoms with van der Waals surface area (Å²) >= 11 is 11.4. The molecule has 0 aliphatic rings. The van der Waals surface area contributed by atoms with Gasteiger partial charge in [0.15, 0.2) is 5.15 Å². The first-order valence-corrected chi connectivity index (χ1v) is 5.12. The Balaban J connectivity index is 2.24. The van der Waals surface area contributed by atoms with Gasteiger partial charge >= 0.3 is 6.01 Å². The molecule has 2 aromatic rings. The third kappa shape index (κ3) is 2.53. The lowest BCUT2D eigenvalue weighted by Crippen LogP contribution is -1.93. The van der Waals surface area contributed by atoms with Gasteiger partial charge in [0.1, 0.15) is 5.75 Å². The number of nitrogen functional groups attached to an aromatic ring is 1. The molecule has 0 amide bonds. The van der Waals surface area contributed by atoms with E-state index in [-0.39, 0.29) is 16.2 Å². The molecule has 0 fully saturated rings. The fraction of sp³-hybridized carbons (Fsp3) is 0. The van der Waals surface area contributed by atoms with E-state index in [1.807, 2.05) is 0 Å². The smallest absolute Gasteiger partial charge is 0.323 e. The molecule has 1 heterocycles. The van der Waals surface area contributed by atoms with Crippen LogP contribution < -0.4 is 10.5 Å². The average molecular weight is 256 g/mol. The van der Waals surface area contributed by atoms with Gasteiger partial charge in [0.05, 0.1) is 11.2 Å². The van der Waals surface area contributed by atoms with Crippen LogP contribution in [-0.2, 0) is 0 Å². The van der Waals surface area contributed by atoms with Crippen molar-refractivity contribution < 1.29 is 4.74 Å². The predicted octanol–water partition coefficient (Wildman–Crippen LogP) is 3.16. The van der Waals surface area contributed by atoms with E-state index in [1.54, 1.807) is 24.3 Å². The number of rotatable bonds is 2. The Morgan fingerprint density at radius 3 is 2.75 bits per heavy atom. The summed E-state index contributed by atoms with van der Waals surface area (Å²) < 4.78 is 5.35. The molecule has 0 bridgehead atoms. The highest BCUT2D eigenvalue weighted by atomic mass is 35.5. The van der Waals surface area contributed by atoms with E-state index in [4.69, 9.17) is 33.7 Å². The first-order valence-electron chi connectivity index (χ1n) is 4.36. The van der Waals surface area contributed by atoms with Gasteiger partial charge in [0, 0.05) is 11.8 Å². The highest BCUT2D eigenvalue weighted by Gasteiger charge is 2.05. The van der Waals surface area contributed by atoms with Crippen LogP contribution in [0.2, 0.25) is 10.2 Å². The molecule has 1 aromatic carbocycles. The van der Waals surface area contributed by atoms with Crippen LogP contribution >= 0.6 is 23.2 Å². The molecule has 1 aromatic heterocycles. The minimum atomic E-state index is 0.125. The number of halogens is 2. The number of aromatic nitrogens is 2. The summed E-state index contributed by atoms with van der Waals surface area (Å²) in [5.74, 6) is 0.540. The summed E-state index contributed by atoms with van der Waals surface area (Å²) in [6.07, 6.45) is 1.37. The maximum atomic E-state index is 5.72. The summed E-state index contributed by atoms with van der Waals surface area (Å²) in [5, 5.41) is 0.428. The standard InChI is InChI=1S/C10H7Cl2N3O/c11-8-5-14-10(15-9(8)12)16-7-3-1-2-6(13)4-7/h1-5H,13H2. The summed E-state index contributed by atoms with van der Waals surface area (Å²) in [6, 6.07) is 7.04. The number of anilines is 1. The van der Waals surface area contributed by atoms with Gasteiger partial charge in [-0.2, -0.15) is 4.98 Å². The summed E-state index contributed by atoms with van der Waals surface area (Å²) in [7, 11) is 0. The molecule has 0 unspecified atom stereocenters. The van der Waals surface area contributed by atoms with E-state index >= 15 is 0 Å². The zero-order valence-corrected chi connectivity index (χ0v) is 9.53. The zero-order valence-electron chi connectivity index (χ0n) is 8.02. The van der Waals surface area contributed by atoms with Gasteiger partial charge in [-0.3, -0.25) is 0 Å². The molecule has 82 valence electrons. The largest absolute Gasteiger partial charge is 0.424 e. The SMILES string of the molecule is Nc1cccc(Oc2ncc(Cl)c(Cl)n2)c1. The fourth-order valence-electron chi connectivity index (χ4n) is 1.06. The quantitative estimate of drug-likeness (QED) is 0.662. The number of hydrogen-bond donors (Lipinski definition) is 1. The van der Waals surface area contributed by atoms with E-state index in [2.05, 4.69) is 9.97 Å². The van der Waals surface area contributed by atoms with Crippen LogP contribution in [0.25, 0.3) is 0 Å². The lowest BCUT2D eigenvalue weighted by molar-refractivity contribution is 0.442. The highest BCUT2D eigenvalue weighted by Crippen LogP contribution is 2.24. The second-order valence-corrected chi connectivity index (χ2v) is 3.73. The van der Waals surface area contributed by atoms with E-state index < -0.39 is 0 Å². The molecule has 2 rings (SSSR count). The van der Waals surface area contributed by atoms with Gasteiger partial charge in [-0.15, -0.1) is 0 Å². The van der Waals surface area contributed by atoms with Crippen LogP contribution in [0.4, 0.5) is 5.69 Å². The molecule has 0 aliphatic heterocycles. The average Bonchev–Trinajstić information content (AvgIpc) is 2.24. The molecule has 16 heavy (non-hydrogen) atoms. The molecule has 0 saturated carbocycles. The minimum Gasteiger partial charge on any atom is -0.424 e. The third-order valence-electron chi connectivity index (χ3n) is 1.75. The Morgan fingerprint density at radius 2 is 2.06 bits per heavy atom. The van der Waals surface area contributed by atoms with Crippen LogP contribution in [0.15, 0.2) is 30.5 Å². The Hall–Kier alpha value is -1.52. The summed E-state index contributed by atoms with van der Waals surface area (Å²) in [4.78, 5) is 7.73. The second kappa shape index (κ2) is 4.55. The number of nitrogens with two attached hydrogens (primary N) is 1. The Kier molecular flexibility index (Phi) is 3.12. The first kappa shape index (κ1) is 11.0. The second-order valence-electron chi connectivity index (χ2n) is 2.97. The molecule has 0 radical (unpaired) electrons. The topological polar surface area (TPSA) is 61.0 Å². The van der Waals surface area contributed by atoms with Crippen molar-refractivity contribution in [2.45, 2.75) is 0 Å². The van der Waals surface area contributed by atoms with E-state index in [0.29, 0.717) is 11.4 Å². The highest BCUT2D eigenvalue weighted by molar-refractivity contribution is 6.41. The van der Waals surface area contributed by atoms with Gasteiger partial charge in [-0.1, -0.05) is 29.3 Å². The van der Waals surface area contributed by atoms with Gasteiger partial charge < -0.3 is 10.5 Å². The van der Waals surface area contributed by atoms with Crippen molar-refractivity contribution in [1.29, 1.82) is 0 Å². The number of nitrogens with zero attached hydrogens (tertiary/aromatic N) is 2. The molecule has 2 N–H and O–H groups in total. The van der Waals surface area contributed by atoms with Crippen molar-refractivity contribution in [2.75, 3.05) is 5.73 Å². The summed E-state index contributed by atoms with van der Waals surface area (Å²) in [5.41, 5.74) is 6.19. The van der Waals surface area contributed by atoms with Gasteiger partial charge in [0.25, 0.3) is 0 Å². The van der Waals surface area contributed by atoms with Crippen LogP contribution in [0.1, 0.15) is 0 Å². The van der Waals surface area contributed by atoms with Crippen molar-refractivity contribution in [3.63, 3.8) is 0 Å².